The highest BCUT2D eigenvalue weighted by atomic mass is 35.5. The molecule has 27 heavy (non-hydrogen) atoms. The third-order valence-corrected chi connectivity index (χ3v) is 7.83. The van der Waals surface area contributed by atoms with E-state index in [9.17, 15) is 10.1 Å². The highest BCUT2D eigenvalue weighted by molar-refractivity contribution is 8.76. The molecule has 0 aromatic heterocycles. The summed E-state index contributed by atoms with van der Waals surface area (Å²) in [5.41, 5.74) is 1.19. The van der Waals surface area contributed by atoms with Crippen LogP contribution in [0.5, 0.6) is 0 Å². The number of carbonyl (C=O) groups excluding carboxylic acids is 1. The molecule has 4 nitrogen and oxygen atoms in total. The summed E-state index contributed by atoms with van der Waals surface area (Å²) in [5.74, 6) is -0.331. The van der Waals surface area contributed by atoms with E-state index in [4.69, 9.17) is 23.2 Å². The predicted octanol–water partition coefficient (Wildman–Crippen LogP) is 5.34. The lowest BCUT2D eigenvalue weighted by atomic mass is 9.79. The van der Waals surface area contributed by atoms with E-state index in [1.165, 1.54) is 26.7 Å². The number of alkyl halides is 1. The second-order valence-corrected chi connectivity index (χ2v) is 9.17. The Labute approximate surface area is 176 Å². The second-order valence-electron chi connectivity index (χ2n) is 5.96. The van der Waals surface area contributed by atoms with Crippen LogP contribution in [0, 0.1) is 11.3 Å². The Morgan fingerprint density at radius 1 is 1.19 bits per heavy atom. The van der Waals surface area contributed by atoms with Crippen molar-refractivity contribution in [3.8, 4) is 6.07 Å². The first-order valence-corrected chi connectivity index (χ1v) is 11.2. The molecular weight excluding hydrogens is 421 g/mol. The van der Waals surface area contributed by atoms with Gasteiger partial charge in [0.2, 0.25) is 4.87 Å². The van der Waals surface area contributed by atoms with Gasteiger partial charge in [0.05, 0.1) is 0 Å². The maximum absolute atomic E-state index is 13.2. The zero-order valence-electron chi connectivity index (χ0n) is 14.5. The Bertz CT molecular complexity index is 860. The van der Waals surface area contributed by atoms with Gasteiger partial charge in [-0.2, -0.15) is 5.26 Å². The number of nitrogens with zero attached hydrogens (tertiary/aromatic N) is 2. The zero-order chi connectivity index (χ0) is 19.5. The first-order chi connectivity index (χ1) is 13.0. The minimum absolute atomic E-state index is 0.331. The summed E-state index contributed by atoms with van der Waals surface area (Å²) in [5, 5.41) is 10.7. The van der Waals surface area contributed by atoms with Gasteiger partial charge in [-0.3, -0.25) is 14.4 Å². The Morgan fingerprint density at radius 3 is 2.44 bits per heavy atom. The van der Waals surface area contributed by atoms with Gasteiger partial charge in [0.25, 0.3) is 5.91 Å². The number of nitrogens with one attached hydrogen (secondary N) is 1. The van der Waals surface area contributed by atoms with Crippen molar-refractivity contribution in [3.63, 3.8) is 0 Å². The fraction of sp³-hybridized carbons (Fsp3) is 0.263. The van der Waals surface area contributed by atoms with Crippen molar-refractivity contribution < 1.29 is 4.79 Å². The average Bonchev–Trinajstić information content (AvgIpc) is 2.71. The van der Waals surface area contributed by atoms with Gasteiger partial charge in [-0.15, -0.1) is 0 Å². The molecule has 1 heterocycles. The number of carbonyl (C=O) groups is 1. The van der Waals surface area contributed by atoms with E-state index in [1.54, 1.807) is 36.4 Å². The van der Waals surface area contributed by atoms with Gasteiger partial charge in [-0.05, 0) is 58.0 Å². The Hall–Kier alpha value is -1.36. The number of hydrogen-bond acceptors (Lipinski definition) is 5. The Kier molecular flexibility index (Phi) is 6.29. The number of nitriles is 1. The third kappa shape index (κ3) is 3.32. The van der Waals surface area contributed by atoms with Crippen LogP contribution in [0.1, 0.15) is 18.9 Å². The van der Waals surface area contributed by atoms with Crippen LogP contribution in [0.15, 0.2) is 54.6 Å². The molecular formula is C19H17Cl2N3OS2. The number of benzene rings is 2. The number of rotatable bonds is 7. The van der Waals surface area contributed by atoms with Crippen molar-refractivity contribution in [2.45, 2.75) is 23.1 Å². The lowest BCUT2D eigenvalue weighted by molar-refractivity contribution is -0.128. The molecule has 1 fully saturated rings. The SMILES string of the molecule is CCCNSS[C@@]1(C#N)N(c2ccc(Cl)cc2)C(=O)[C@]1(Cl)c1ccccc1. The number of halogens is 2. The van der Waals surface area contributed by atoms with E-state index in [0.717, 1.165) is 13.0 Å². The molecule has 1 aliphatic rings. The van der Waals surface area contributed by atoms with Crippen LogP contribution in [-0.2, 0) is 9.67 Å². The van der Waals surface area contributed by atoms with Gasteiger partial charge in [0.15, 0.2) is 4.87 Å². The summed E-state index contributed by atoms with van der Waals surface area (Å²) in [6, 6.07) is 18.2. The first kappa shape index (κ1) is 20.4. The van der Waals surface area contributed by atoms with Gasteiger partial charge in [0.1, 0.15) is 6.07 Å². The molecule has 1 aliphatic heterocycles. The molecule has 2 aromatic rings. The van der Waals surface area contributed by atoms with Crippen LogP contribution in [0.4, 0.5) is 5.69 Å². The number of amides is 1. The molecule has 2 aromatic carbocycles. The molecule has 2 atom stereocenters. The highest BCUT2D eigenvalue weighted by Crippen LogP contribution is 2.62. The normalized spacial score (nSPS) is 24.4. The second kappa shape index (κ2) is 8.34. The minimum atomic E-state index is -1.48. The topological polar surface area (TPSA) is 56.1 Å². The van der Waals surface area contributed by atoms with E-state index in [2.05, 4.69) is 17.7 Å². The van der Waals surface area contributed by atoms with E-state index >= 15 is 0 Å². The molecule has 8 heteroatoms. The van der Waals surface area contributed by atoms with Crippen molar-refractivity contribution in [2.75, 3.05) is 11.4 Å². The highest BCUT2D eigenvalue weighted by Gasteiger charge is 2.74. The van der Waals surface area contributed by atoms with Crippen molar-refractivity contribution in [3.05, 3.63) is 65.2 Å². The first-order valence-electron chi connectivity index (χ1n) is 8.34. The van der Waals surface area contributed by atoms with E-state index < -0.39 is 9.75 Å². The Morgan fingerprint density at radius 2 is 1.85 bits per heavy atom. The molecule has 0 radical (unpaired) electrons. The Balaban J connectivity index is 2.04. The van der Waals surface area contributed by atoms with Crippen LogP contribution in [-0.4, -0.2) is 17.3 Å². The van der Waals surface area contributed by atoms with Gasteiger partial charge >= 0.3 is 0 Å². The molecule has 0 unspecified atom stereocenters. The van der Waals surface area contributed by atoms with Crippen LogP contribution in [0.3, 0.4) is 0 Å². The number of hydrogen-bond donors (Lipinski definition) is 1. The van der Waals surface area contributed by atoms with Gasteiger partial charge in [-0.25, -0.2) is 0 Å². The minimum Gasteiger partial charge on any atom is -0.279 e. The monoisotopic (exact) mass is 437 g/mol. The fourth-order valence-corrected chi connectivity index (χ4v) is 6.20. The summed E-state index contributed by atoms with van der Waals surface area (Å²) in [6.45, 7) is 2.84. The molecule has 0 bridgehead atoms. The maximum Gasteiger partial charge on any atom is 0.259 e. The van der Waals surface area contributed by atoms with E-state index in [-0.39, 0.29) is 5.91 Å². The quantitative estimate of drug-likeness (QED) is 0.208. The van der Waals surface area contributed by atoms with Crippen LogP contribution < -0.4 is 9.62 Å². The molecule has 0 aliphatic carbocycles. The fourth-order valence-electron chi connectivity index (χ4n) is 2.89. The van der Waals surface area contributed by atoms with Crippen molar-refractivity contribution >= 4 is 56.6 Å². The molecule has 1 amide bonds. The van der Waals surface area contributed by atoms with Crippen molar-refractivity contribution in [2.24, 2.45) is 0 Å². The summed E-state index contributed by atoms with van der Waals surface area (Å²) in [4.78, 5) is 11.9. The third-order valence-electron chi connectivity index (χ3n) is 4.26. The van der Waals surface area contributed by atoms with Crippen LogP contribution in [0.2, 0.25) is 5.02 Å². The largest absolute Gasteiger partial charge is 0.279 e. The number of anilines is 1. The molecule has 1 saturated heterocycles. The van der Waals surface area contributed by atoms with Crippen LogP contribution in [0.25, 0.3) is 0 Å². The van der Waals surface area contributed by atoms with E-state index in [0.29, 0.717) is 16.3 Å². The predicted molar refractivity (Wildman–Crippen MR) is 115 cm³/mol. The zero-order valence-corrected chi connectivity index (χ0v) is 17.6. The molecule has 3 rings (SSSR count). The molecule has 1 N–H and O–H groups in total. The molecule has 0 spiro atoms. The van der Waals surface area contributed by atoms with Gasteiger partial charge in [0, 0.05) is 17.3 Å². The lowest BCUT2D eigenvalue weighted by Crippen LogP contribution is -2.76. The van der Waals surface area contributed by atoms with Crippen molar-refractivity contribution in [1.82, 2.24) is 4.72 Å². The summed E-state index contributed by atoms with van der Waals surface area (Å²) in [7, 11) is 2.57. The van der Waals surface area contributed by atoms with Crippen molar-refractivity contribution in [1.29, 1.82) is 5.26 Å². The number of β-lactam (4-membered cyclic amide) rings is 1. The molecule has 0 saturated carbocycles. The smallest absolute Gasteiger partial charge is 0.259 e. The summed E-state index contributed by atoms with van der Waals surface area (Å²) >= 11 is 12.9. The van der Waals surface area contributed by atoms with Gasteiger partial charge < -0.3 is 0 Å². The maximum atomic E-state index is 13.2. The lowest BCUT2D eigenvalue weighted by Gasteiger charge is -2.57. The van der Waals surface area contributed by atoms with Gasteiger partial charge in [-0.1, -0.05) is 60.5 Å². The van der Waals surface area contributed by atoms with Crippen LogP contribution >= 0.6 is 45.0 Å². The van der Waals surface area contributed by atoms with E-state index in [1.807, 2.05) is 18.2 Å². The summed E-state index contributed by atoms with van der Waals surface area (Å²) < 4.78 is 3.19. The standard InChI is InChI=1S/C19H17Cl2N3OS2/c1-2-12-23-27-26-18(13-22)19(21,14-6-4-3-5-7-14)17(25)24(18)16-10-8-15(20)9-11-16/h3-11,23H,2,12H2,1H3/t18-,19-/m1/s1. The molecule has 140 valence electrons. The average molecular weight is 438 g/mol. The summed E-state index contributed by atoms with van der Waals surface area (Å²) in [6.07, 6.45) is 0.956.